The number of rotatable bonds is 11. The lowest BCUT2D eigenvalue weighted by Gasteiger charge is -2.19. The van der Waals surface area contributed by atoms with Crippen molar-refractivity contribution in [2.24, 2.45) is 0 Å². The number of hydrogen-bond acceptors (Lipinski definition) is 8. The number of hydrogen-bond donors (Lipinski definition) is 5. The number of carboxylic acid groups (broad SMARTS) is 1. The quantitative estimate of drug-likeness (QED) is 0.189. The lowest BCUT2D eigenvalue weighted by molar-refractivity contribution is -0.0284. The number of aromatic amines is 1. The van der Waals surface area contributed by atoms with E-state index in [2.05, 4.69) is 15.8 Å². The van der Waals surface area contributed by atoms with E-state index < -0.39 is 23.6 Å². The molecule has 37 heavy (non-hydrogen) atoms. The average Bonchev–Trinajstić information content (AvgIpc) is 3.25. The van der Waals surface area contributed by atoms with Gasteiger partial charge in [0.15, 0.2) is 0 Å². The van der Waals surface area contributed by atoms with Gasteiger partial charge >= 0.3 is 12.1 Å². The van der Waals surface area contributed by atoms with Crippen molar-refractivity contribution in [1.82, 2.24) is 10.5 Å². The molecule has 0 bridgehead atoms. The number of carbonyl (C=O) groups excluding carboxylic acids is 2. The van der Waals surface area contributed by atoms with Gasteiger partial charge in [0.25, 0.3) is 5.91 Å². The summed E-state index contributed by atoms with van der Waals surface area (Å²) in [4.78, 5) is 42.7. The topological polar surface area (TPSA) is 168 Å². The molecular formula is C25H29N3O9. The first-order chi connectivity index (χ1) is 17.5. The number of carboxylic acids is 1. The molecule has 12 heteroatoms. The molecule has 0 saturated carbocycles. The molecule has 0 aliphatic heterocycles. The number of ether oxygens (including phenoxy) is 3. The van der Waals surface area contributed by atoms with Gasteiger partial charge in [-0.05, 0) is 57.2 Å². The molecule has 2 aromatic carbocycles. The fourth-order valence-corrected chi connectivity index (χ4v) is 3.15. The number of carbonyl (C=O) groups is 3. The summed E-state index contributed by atoms with van der Waals surface area (Å²) >= 11 is 0. The zero-order valence-electron chi connectivity index (χ0n) is 20.6. The van der Waals surface area contributed by atoms with Crippen LogP contribution in [0.1, 0.15) is 41.6 Å². The molecule has 0 atom stereocenters. The number of phenols is 1. The minimum Gasteiger partial charge on any atom is -0.506 e. The summed E-state index contributed by atoms with van der Waals surface area (Å²) in [5.74, 6) is -1.22. The Kier molecular flexibility index (Phi) is 8.93. The first-order valence-corrected chi connectivity index (χ1v) is 11.3. The highest BCUT2D eigenvalue weighted by atomic mass is 16.7. The van der Waals surface area contributed by atoms with Crippen LogP contribution in [0.3, 0.4) is 0 Å². The Balaban J connectivity index is 1.38. The van der Waals surface area contributed by atoms with E-state index in [9.17, 15) is 19.5 Å². The SMILES string of the molecule is CC(C)(C)OC(=O)NOCCOCCOc1ccc(C(=O)Nc2cc(O)c3[nH]c(C(=O)O)cc3c2)cc1. The second-order valence-corrected chi connectivity index (χ2v) is 8.84. The van der Waals surface area contributed by atoms with Crippen molar-refractivity contribution in [3.05, 3.63) is 53.7 Å². The summed E-state index contributed by atoms with van der Waals surface area (Å²) in [6.07, 6.45) is -0.679. The third-order valence-electron chi connectivity index (χ3n) is 4.69. The highest BCUT2D eigenvalue weighted by Crippen LogP contribution is 2.29. The predicted octanol–water partition coefficient (Wildman–Crippen LogP) is 3.68. The van der Waals surface area contributed by atoms with E-state index in [-0.39, 0.29) is 43.4 Å². The van der Waals surface area contributed by atoms with Gasteiger partial charge in [-0.25, -0.2) is 9.59 Å². The Morgan fingerprint density at radius 3 is 2.35 bits per heavy atom. The molecule has 12 nitrogen and oxygen atoms in total. The van der Waals surface area contributed by atoms with Gasteiger partial charge in [0.05, 0.1) is 25.3 Å². The molecule has 0 saturated heterocycles. The first kappa shape index (κ1) is 27.3. The van der Waals surface area contributed by atoms with Crippen LogP contribution < -0.4 is 15.5 Å². The summed E-state index contributed by atoms with van der Waals surface area (Å²) in [6, 6.07) is 10.7. The van der Waals surface area contributed by atoms with Gasteiger partial charge in [0.2, 0.25) is 0 Å². The van der Waals surface area contributed by atoms with E-state index in [0.717, 1.165) is 0 Å². The molecular weight excluding hydrogens is 486 g/mol. The third kappa shape index (κ3) is 8.40. The number of aromatic nitrogens is 1. The summed E-state index contributed by atoms with van der Waals surface area (Å²) in [7, 11) is 0. The number of anilines is 1. The molecule has 1 aromatic heterocycles. The van der Waals surface area contributed by atoms with E-state index in [1.165, 1.54) is 12.1 Å². The molecule has 0 unspecified atom stereocenters. The van der Waals surface area contributed by atoms with Crippen LogP contribution in [-0.4, -0.2) is 65.2 Å². The van der Waals surface area contributed by atoms with E-state index >= 15 is 0 Å². The molecule has 3 aromatic rings. The van der Waals surface area contributed by atoms with Gasteiger partial charge in [-0.3, -0.25) is 9.63 Å². The van der Waals surface area contributed by atoms with Crippen LogP contribution in [0.4, 0.5) is 10.5 Å². The second-order valence-electron chi connectivity index (χ2n) is 8.84. The number of hydroxylamine groups is 1. The number of aromatic hydroxyl groups is 1. The second kappa shape index (κ2) is 12.1. The fourth-order valence-electron chi connectivity index (χ4n) is 3.15. The summed E-state index contributed by atoms with van der Waals surface area (Å²) in [5, 5.41) is 22.4. The normalized spacial score (nSPS) is 11.2. The van der Waals surface area contributed by atoms with Crippen LogP contribution in [0, 0.1) is 0 Å². The zero-order chi connectivity index (χ0) is 27.0. The number of benzene rings is 2. The number of nitrogens with one attached hydrogen (secondary N) is 3. The number of amides is 2. The van der Waals surface area contributed by atoms with Gasteiger partial charge in [0, 0.05) is 22.7 Å². The molecule has 198 valence electrons. The average molecular weight is 516 g/mol. The molecule has 0 aliphatic rings. The summed E-state index contributed by atoms with van der Waals surface area (Å²) in [6.45, 7) is 6.16. The van der Waals surface area contributed by atoms with Crippen molar-refractivity contribution < 1.29 is 43.6 Å². The van der Waals surface area contributed by atoms with E-state index in [4.69, 9.17) is 24.2 Å². The molecule has 1 heterocycles. The molecule has 5 N–H and O–H groups in total. The Morgan fingerprint density at radius 2 is 1.68 bits per heavy atom. The number of fused-ring (bicyclic) bond motifs is 1. The molecule has 0 fully saturated rings. The first-order valence-electron chi connectivity index (χ1n) is 11.3. The molecule has 2 amide bonds. The van der Waals surface area contributed by atoms with Crippen molar-refractivity contribution in [2.45, 2.75) is 26.4 Å². The van der Waals surface area contributed by atoms with Gasteiger partial charge in [-0.15, -0.1) is 0 Å². The minimum atomic E-state index is -1.16. The van der Waals surface area contributed by atoms with Crippen molar-refractivity contribution in [1.29, 1.82) is 0 Å². The lowest BCUT2D eigenvalue weighted by Crippen LogP contribution is -2.33. The highest BCUT2D eigenvalue weighted by Gasteiger charge is 2.16. The summed E-state index contributed by atoms with van der Waals surface area (Å²) < 4.78 is 16.0. The molecule has 0 aliphatic carbocycles. The van der Waals surface area contributed by atoms with Crippen LogP contribution in [-0.2, 0) is 14.3 Å². The predicted molar refractivity (Wildman–Crippen MR) is 133 cm³/mol. The maximum absolute atomic E-state index is 12.6. The number of phenolic OH excluding ortho intramolecular Hbond substituents is 1. The van der Waals surface area contributed by atoms with Crippen molar-refractivity contribution in [3.63, 3.8) is 0 Å². The largest absolute Gasteiger partial charge is 0.506 e. The van der Waals surface area contributed by atoms with Crippen LogP contribution in [0.2, 0.25) is 0 Å². The zero-order valence-corrected chi connectivity index (χ0v) is 20.6. The lowest BCUT2D eigenvalue weighted by atomic mass is 10.1. The summed E-state index contributed by atoms with van der Waals surface area (Å²) in [5.41, 5.74) is 2.42. The Morgan fingerprint density at radius 1 is 0.973 bits per heavy atom. The third-order valence-corrected chi connectivity index (χ3v) is 4.69. The van der Waals surface area contributed by atoms with Gasteiger partial charge in [-0.2, -0.15) is 5.48 Å². The molecule has 0 radical (unpaired) electrons. The molecule has 3 rings (SSSR count). The number of aromatic carboxylic acids is 1. The Labute approximate surface area is 212 Å². The number of H-pyrrole nitrogens is 1. The standard InChI is InChI=1S/C25H29N3O9/c1-25(2,3)37-24(33)28-36-11-9-34-8-10-35-18-6-4-15(5-7-18)22(30)26-17-12-16-13-19(23(31)32)27-21(16)20(29)14-17/h4-7,12-14,27,29H,8-11H2,1-3H3,(H,26,30)(H,28,33)(H,31,32). The maximum Gasteiger partial charge on any atom is 0.431 e. The smallest absolute Gasteiger partial charge is 0.431 e. The maximum atomic E-state index is 12.6. The Bertz CT molecular complexity index is 1250. The highest BCUT2D eigenvalue weighted by molar-refractivity contribution is 6.06. The van der Waals surface area contributed by atoms with Gasteiger partial charge < -0.3 is 34.7 Å². The van der Waals surface area contributed by atoms with Crippen molar-refractivity contribution in [2.75, 3.05) is 31.7 Å². The van der Waals surface area contributed by atoms with Crippen molar-refractivity contribution in [3.8, 4) is 11.5 Å². The molecule has 0 spiro atoms. The van der Waals surface area contributed by atoms with E-state index in [0.29, 0.717) is 22.4 Å². The van der Waals surface area contributed by atoms with E-state index in [1.54, 1.807) is 51.1 Å². The van der Waals surface area contributed by atoms with Crippen LogP contribution >= 0.6 is 0 Å². The van der Waals surface area contributed by atoms with Crippen molar-refractivity contribution >= 4 is 34.6 Å². The van der Waals surface area contributed by atoms with Crippen LogP contribution in [0.25, 0.3) is 10.9 Å². The van der Waals surface area contributed by atoms with Gasteiger partial charge in [-0.1, -0.05) is 0 Å². The van der Waals surface area contributed by atoms with Crippen LogP contribution in [0.15, 0.2) is 42.5 Å². The minimum absolute atomic E-state index is 0.0710. The Hall–Kier alpha value is -4.29. The van der Waals surface area contributed by atoms with Crippen LogP contribution in [0.5, 0.6) is 11.5 Å². The fraction of sp³-hybridized carbons (Fsp3) is 0.320. The van der Waals surface area contributed by atoms with E-state index in [1.807, 2.05) is 0 Å². The van der Waals surface area contributed by atoms with Gasteiger partial charge in [0.1, 0.15) is 29.4 Å². The monoisotopic (exact) mass is 515 g/mol.